The lowest BCUT2D eigenvalue weighted by atomic mass is 9.78. The summed E-state index contributed by atoms with van der Waals surface area (Å²) in [4.78, 5) is 24.5. The fraction of sp³-hybridized carbons (Fsp3) is 0.333. The largest absolute Gasteiger partial charge is 0.497 e. The summed E-state index contributed by atoms with van der Waals surface area (Å²) < 4.78 is 13.1. The Morgan fingerprint density at radius 1 is 1.18 bits per heavy atom. The van der Waals surface area contributed by atoms with Crippen LogP contribution in [0.4, 0.5) is 5.95 Å². The lowest BCUT2D eigenvalue weighted by Crippen LogP contribution is -2.68. The first-order chi connectivity index (χ1) is 16.5. The van der Waals surface area contributed by atoms with Crippen LogP contribution in [-0.4, -0.2) is 69.8 Å². The molecule has 1 atom stereocenters. The molecule has 0 saturated carbocycles. The van der Waals surface area contributed by atoms with Crippen molar-refractivity contribution in [2.24, 2.45) is 5.41 Å². The molecule has 0 bridgehead atoms. The topological polar surface area (TPSA) is 93.9 Å². The van der Waals surface area contributed by atoms with Gasteiger partial charge in [0.25, 0.3) is 0 Å². The molecular weight excluding hydrogens is 500 g/mol. The second-order valence-corrected chi connectivity index (χ2v) is 9.88. The molecule has 34 heavy (non-hydrogen) atoms. The highest BCUT2D eigenvalue weighted by atomic mass is 79.9. The minimum atomic E-state index is -0.470. The predicted molar refractivity (Wildman–Crippen MR) is 131 cm³/mol. The minimum absolute atomic E-state index is 0.0372. The molecule has 10 heteroatoms. The Bertz CT molecular complexity index is 1410. The van der Waals surface area contributed by atoms with Crippen molar-refractivity contribution < 1.29 is 14.3 Å². The zero-order valence-corrected chi connectivity index (χ0v) is 20.4. The number of benzene rings is 2. The summed E-state index contributed by atoms with van der Waals surface area (Å²) in [5.74, 6) is 1.83. The van der Waals surface area contributed by atoms with Crippen molar-refractivity contribution in [3.8, 4) is 17.1 Å². The summed E-state index contributed by atoms with van der Waals surface area (Å²) >= 11 is 3.60. The number of likely N-dealkylation sites (tertiary alicyclic amines) is 1. The van der Waals surface area contributed by atoms with Crippen LogP contribution in [0.1, 0.15) is 6.92 Å². The van der Waals surface area contributed by atoms with Crippen molar-refractivity contribution in [2.75, 3.05) is 38.7 Å². The Kier molecular flexibility index (Phi) is 4.96. The van der Waals surface area contributed by atoms with E-state index in [2.05, 4.69) is 21.2 Å². The smallest absolute Gasteiger partial charge is 0.244 e. The second kappa shape index (κ2) is 7.92. The monoisotopic (exact) mass is 522 g/mol. The molecule has 2 aromatic carbocycles. The van der Waals surface area contributed by atoms with Gasteiger partial charge in [-0.25, -0.2) is 9.97 Å². The van der Waals surface area contributed by atoms with Crippen molar-refractivity contribution in [1.82, 2.24) is 24.5 Å². The van der Waals surface area contributed by atoms with Crippen LogP contribution >= 0.6 is 15.9 Å². The van der Waals surface area contributed by atoms with E-state index < -0.39 is 6.04 Å². The zero-order valence-electron chi connectivity index (χ0n) is 18.8. The quantitative estimate of drug-likeness (QED) is 0.429. The number of aromatic nitrogens is 4. The molecule has 0 aliphatic carbocycles. The third-order valence-electron chi connectivity index (χ3n) is 6.50. The summed E-state index contributed by atoms with van der Waals surface area (Å²) in [5, 5.41) is 8.89. The van der Waals surface area contributed by atoms with E-state index >= 15 is 0 Å². The fourth-order valence-electron chi connectivity index (χ4n) is 4.57. The number of carbonyl (C=O) groups excluding carboxylic acids is 1. The van der Waals surface area contributed by atoms with Gasteiger partial charge in [0.2, 0.25) is 11.9 Å². The van der Waals surface area contributed by atoms with E-state index in [1.807, 2.05) is 54.3 Å². The van der Waals surface area contributed by atoms with Crippen LogP contribution in [0.2, 0.25) is 0 Å². The van der Waals surface area contributed by atoms with E-state index in [1.165, 1.54) is 0 Å². The molecule has 0 radical (unpaired) electrons. The van der Waals surface area contributed by atoms with Gasteiger partial charge in [-0.1, -0.05) is 6.07 Å². The molecular formula is C24H23BrN6O3. The minimum Gasteiger partial charge on any atom is -0.497 e. The number of ether oxygens (including phenoxy) is 2. The van der Waals surface area contributed by atoms with Gasteiger partial charge in [-0.05, 0) is 59.3 Å². The molecule has 4 aromatic rings. The van der Waals surface area contributed by atoms with Crippen molar-refractivity contribution in [3.63, 3.8) is 0 Å². The lowest BCUT2D eigenvalue weighted by Gasteiger charge is -2.55. The molecule has 2 aliphatic rings. The van der Waals surface area contributed by atoms with Crippen LogP contribution in [-0.2, 0) is 9.53 Å². The number of methoxy groups -OCH3 is 1. The van der Waals surface area contributed by atoms with E-state index in [-0.39, 0.29) is 11.3 Å². The van der Waals surface area contributed by atoms with E-state index in [0.29, 0.717) is 17.4 Å². The molecule has 174 valence electrons. The molecule has 2 aromatic heterocycles. The van der Waals surface area contributed by atoms with E-state index in [9.17, 15) is 4.79 Å². The first-order valence-electron chi connectivity index (χ1n) is 11.1. The molecule has 1 spiro atoms. The van der Waals surface area contributed by atoms with Crippen molar-refractivity contribution in [1.29, 1.82) is 0 Å². The third-order valence-corrected chi connectivity index (χ3v) is 7.14. The van der Waals surface area contributed by atoms with Crippen LogP contribution in [0.15, 0.2) is 46.9 Å². The lowest BCUT2D eigenvalue weighted by molar-refractivity contribution is -0.195. The van der Waals surface area contributed by atoms with Crippen molar-refractivity contribution in [2.45, 2.75) is 13.0 Å². The van der Waals surface area contributed by atoms with E-state index in [1.54, 1.807) is 11.6 Å². The van der Waals surface area contributed by atoms with Gasteiger partial charge < -0.3 is 19.7 Å². The molecule has 2 aliphatic heterocycles. The van der Waals surface area contributed by atoms with Crippen LogP contribution in [0.3, 0.4) is 0 Å². The molecule has 2 saturated heterocycles. The number of rotatable bonds is 5. The van der Waals surface area contributed by atoms with Crippen LogP contribution in [0.25, 0.3) is 27.9 Å². The number of hydrogen-bond acceptors (Lipinski definition) is 7. The first-order valence-corrected chi connectivity index (χ1v) is 11.9. The Balaban J connectivity index is 1.37. The van der Waals surface area contributed by atoms with Gasteiger partial charge in [-0.3, -0.25) is 4.79 Å². The standard InChI is InChI=1S/C24H23BrN6O3/c1-14(22(32)30-10-24(11-30)12-34-13-24)26-23-27-19-17(4-3-5-18(19)25)21-28-20(29-31(21)23)15-6-8-16(33-2)9-7-15/h3-9,14H,10-13H2,1-2H3,(H,26,27)/t14-/m1/s1. The average Bonchev–Trinajstić information content (AvgIpc) is 3.24. The molecule has 9 nitrogen and oxygen atoms in total. The number of anilines is 1. The zero-order chi connectivity index (χ0) is 23.4. The number of carbonyl (C=O) groups is 1. The fourth-order valence-corrected chi connectivity index (χ4v) is 5.03. The number of nitrogens with one attached hydrogen (secondary N) is 1. The number of nitrogens with zero attached hydrogens (tertiary/aromatic N) is 5. The predicted octanol–water partition coefficient (Wildman–Crippen LogP) is 3.37. The maximum Gasteiger partial charge on any atom is 0.244 e. The number of amides is 1. The normalized spacial score (nSPS) is 17.4. The van der Waals surface area contributed by atoms with Gasteiger partial charge in [0.05, 0.1) is 31.3 Å². The van der Waals surface area contributed by atoms with Crippen molar-refractivity contribution >= 4 is 44.3 Å². The summed E-state index contributed by atoms with van der Waals surface area (Å²) in [7, 11) is 1.63. The van der Waals surface area contributed by atoms with E-state index in [4.69, 9.17) is 24.5 Å². The van der Waals surface area contributed by atoms with Gasteiger partial charge in [-0.15, -0.1) is 5.10 Å². The van der Waals surface area contributed by atoms with Crippen molar-refractivity contribution in [3.05, 3.63) is 46.9 Å². The number of fused-ring (bicyclic) bond motifs is 3. The first kappa shape index (κ1) is 21.3. The molecule has 4 heterocycles. The summed E-state index contributed by atoms with van der Waals surface area (Å²) in [6.07, 6.45) is 0. The third kappa shape index (κ3) is 3.40. The summed E-state index contributed by atoms with van der Waals surface area (Å²) in [6.45, 7) is 4.83. The van der Waals surface area contributed by atoms with Crippen LogP contribution in [0, 0.1) is 5.41 Å². The number of halogens is 1. The van der Waals surface area contributed by atoms with Gasteiger partial charge >= 0.3 is 0 Å². The van der Waals surface area contributed by atoms with Gasteiger partial charge in [0.1, 0.15) is 11.8 Å². The molecule has 1 amide bonds. The summed E-state index contributed by atoms with van der Waals surface area (Å²) in [6, 6.07) is 13.0. The van der Waals surface area contributed by atoms with Gasteiger partial charge in [0, 0.05) is 28.5 Å². The molecule has 0 unspecified atom stereocenters. The maximum absolute atomic E-state index is 13.0. The molecule has 2 fully saturated rings. The molecule has 1 N–H and O–H groups in total. The highest BCUT2D eigenvalue weighted by Gasteiger charge is 2.51. The van der Waals surface area contributed by atoms with E-state index in [0.717, 1.165) is 53.0 Å². The highest BCUT2D eigenvalue weighted by Crippen LogP contribution is 2.38. The Morgan fingerprint density at radius 2 is 1.94 bits per heavy atom. The maximum atomic E-state index is 13.0. The SMILES string of the molecule is COc1ccc(-c2nc3c4cccc(Br)c4nc(N[C@H](C)C(=O)N4CC5(COC5)C4)n3n2)cc1. The Hall–Kier alpha value is -3.24. The number of para-hydroxylation sites is 1. The van der Waals surface area contributed by atoms with Crippen LogP contribution < -0.4 is 10.1 Å². The molecule has 6 rings (SSSR count). The van der Waals surface area contributed by atoms with Crippen LogP contribution in [0.5, 0.6) is 5.75 Å². The Labute approximate surface area is 204 Å². The number of hydrogen-bond donors (Lipinski definition) is 1. The Morgan fingerprint density at radius 3 is 2.62 bits per heavy atom. The average molecular weight is 523 g/mol. The van der Waals surface area contributed by atoms with Gasteiger partial charge in [0.15, 0.2) is 11.5 Å². The van der Waals surface area contributed by atoms with Gasteiger partial charge in [-0.2, -0.15) is 4.52 Å². The second-order valence-electron chi connectivity index (χ2n) is 9.02. The highest BCUT2D eigenvalue weighted by molar-refractivity contribution is 9.10. The summed E-state index contributed by atoms with van der Waals surface area (Å²) in [5.41, 5.74) is 2.44.